The number of likely N-dealkylation sites (tertiary alicyclic amines) is 1. The smallest absolute Gasteiger partial charge is 0.309 e. The van der Waals surface area contributed by atoms with E-state index >= 15 is 0 Å². The molecule has 2 saturated heterocycles. The van der Waals surface area contributed by atoms with Gasteiger partial charge in [-0.3, -0.25) is 9.59 Å². The van der Waals surface area contributed by atoms with Crippen LogP contribution in [0.15, 0.2) is 24.3 Å². The molecule has 1 unspecified atom stereocenters. The Morgan fingerprint density at radius 3 is 2.50 bits per heavy atom. The van der Waals surface area contributed by atoms with Crippen LogP contribution in [0.4, 0.5) is 0 Å². The van der Waals surface area contributed by atoms with Crippen LogP contribution in [0.5, 0.6) is 5.75 Å². The van der Waals surface area contributed by atoms with Crippen molar-refractivity contribution in [3.8, 4) is 5.75 Å². The van der Waals surface area contributed by atoms with Crippen molar-refractivity contribution < 1.29 is 24.2 Å². The predicted octanol–water partition coefficient (Wildman–Crippen LogP) is 2.36. The van der Waals surface area contributed by atoms with Gasteiger partial charge in [-0.25, -0.2) is 0 Å². The molecule has 1 N–H and O–H groups in total. The third kappa shape index (κ3) is 4.36. The summed E-state index contributed by atoms with van der Waals surface area (Å²) in [6, 6.07) is 7.64. The van der Waals surface area contributed by atoms with Crippen molar-refractivity contribution in [2.45, 2.75) is 38.7 Å². The van der Waals surface area contributed by atoms with Crippen LogP contribution in [0.25, 0.3) is 0 Å². The second-order valence-corrected chi connectivity index (χ2v) is 7.04. The van der Waals surface area contributed by atoms with Crippen LogP contribution in [0.3, 0.4) is 0 Å². The Balaban J connectivity index is 1.49. The fraction of sp³-hybridized carbons (Fsp3) is 0.600. The Bertz CT molecular complexity index is 622. The normalized spacial score (nSPS) is 23.8. The lowest BCUT2D eigenvalue weighted by molar-refractivity contribution is -0.145. The van der Waals surface area contributed by atoms with Gasteiger partial charge in [-0.05, 0) is 49.8 Å². The predicted molar refractivity (Wildman–Crippen MR) is 96.1 cm³/mol. The molecular formula is C20H27NO5. The molecule has 2 aliphatic heterocycles. The van der Waals surface area contributed by atoms with E-state index in [-0.39, 0.29) is 17.9 Å². The standard InChI is InChI=1S/C20H27NO5/c1-2-25-16-5-3-14(4-6-16)13-18(22)21-10-7-15(8-11-21)19-17(20(23)24)9-12-26-19/h3-6,15,17,19H,2,7-13H2,1H3,(H,23,24)/t17?,19-/m0/s1. The number of piperidine rings is 1. The lowest BCUT2D eigenvalue weighted by Crippen LogP contribution is -2.43. The van der Waals surface area contributed by atoms with Crippen LogP contribution < -0.4 is 4.74 Å². The summed E-state index contributed by atoms with van der Waals surface area (Å²) in [7, 11) is 0. The second-order valence-electron chi connectivity index (χ2n) is 7.04. The number of amides is 1. The molecule has 0 aromatic heterocycles. The molecule has 0 spiro atoms. The molecule has 0 aliphatic carbocycles. The van der Waals surface area contributed by atoms with Crippen LogP contribution in [0, 0.1) is 11.8 Å². The molecule has 2 fully saturated rings. The molecular weight excluding hydrogens is 334 g/mol. The summed E-state index contributed by atoms with van der Waals surface area (Å²) in [4.78, 5) is 25.8. The van der Waals surface area contributed by atoms with Crippen LogP contribution >= 0.6 is 0 Å². The number of benzene rings is 1. The zero-order valence-electron chi connectivity index (χ0n) is 15.2. The highest BCUT2D eigenvalue weighted by Crippen LogP contribution is 2.33. The van der Waals surface area contributed by atoms with Crippen molar-refractivity contribution in [1.29, 1.82) is 0 Å². The summed E-state index contributed by atoms with van der Waals surface area (Å²) in [5, 5.41) is 9.32. The van der Waals surface area contributed by atoms with E-state index in [9.17, 15) is 14.7 Å². The van der Waals surface area contributed by atoms with E-state index in [1.165, 1.54) is 0 Å². The van der Waals surface area contributed by atoms with Gasteiger partial charge in [-0.15, -0.1) is 0 Å². The minimum absolute atomic E-state index is 0.120. The molecule has 142 valence electrons. The first kappa shape index (κ1) is 18.7. The van der Waals surface area contributed by atoms with Crippen molar-refractivity contribution in [2.75, 3.05) is 26.3 Å². The van der Waals surface area contributed by atoms with Crippen LogP contribution in [-0.2, 0) is 20.7 Å². The van der Waals surface area contributed by atoms with Gasteiger partial charge in [-0.2, -0.15) is 0 Å². The molecule has 6 nitrogen and oxygen atoms in total. The van der Waals surface area contributed by atoms with Gasteiger partial charge >= 0.3 is 5.97 Å². The van der Waals surface area contributed by atoms with Crippen molar-refractivity contribution in [3.63, 3.8) is 0 Å². The quantitative estimate of drug-likeness (QED) is 0.842. The topological polar surface area (TPSA) is 76.1 Å². The third-order valence-electron chi connectivity index (χ3n) is 5.40. The molecule has 1 aromatic rings. The van der Waals surface area contributed by atoms with E-state index in [4.69, 9.17) is 9.47 Å². The molecule has 0 saturated carbocycles. The van der Waals surface area contributed by atoms with E-state index in [0.29, 0.717) is 39.1 Å². The van der Waals surface area contributed by atoms with Gasteiger partial charge in [0, 0.05) is 19.7 Å². The fourth-order valence-electron chi connectivity index (χ4n) is 3.97. The first-order valence-electron chi connectivity index (χ1n) is 9.42. The average molecular weight is 361 g/mol. The number of hydrogen-bond acceptors (Lipinski definition) is 4. The van der Waals surface area contributed by atoms with Crippen molar-refractivity contribution in [3.05, 3.63) is 29.8 Å². The second kappa shape index (κ2) is 8.54. The van der Waals surface area contributed by atoms with E-state index < -0.39 is 11.9 Å². The number of carboxylic acids is 1. The van der Waals surface area contributed by atoms with Gasteiger partial charge in [0.05, 0.1) is 25.0 Å². The number of aliphatic carboxylic acids is 1. The SMILES string of the molecule is CCOc1ccc(CC(=O)N2CCC([C@@H]3OCCC3C(=O)O)CC2)cc1. The lowest BCUT2D eigenvalue weighted by Gasteiger charge is -2.35. The monoisotopic (exact) mass is 361 g/mol. The average Bonchev–Trinajstić information content (AvgIpc) is 3.14. The number of ether oxygens (including phenoxy) is 2. The van der Waals surface area contributed by atoms with Crippen molar-refractivity contribution in [2.24, 2.45) is 11.8 Å². The van der Waals surface area contributed by atoms with Crippen LogP contribution in [0.1, 0.15) is 31.7 Å². The summed E-state index contributed by atoms with van der Waals surface area (Å²) >= 11 is 0. The van der Waals surface area contributed by atoms with Gasteiger partial charge in [0.25, 0.3) is 0 Å². The van der Waals surface area contributed by atoms with E-state index in [0.717, 1.165) is 24.2 Å². The highest BCUT2D eigenvalue weighted by atomic mass is 16.5. The Morgan fingerprint density at radius 1 is 1.19 bits per heavy atom. The van der Waals surface area contributed by atoms with Gasteiger partial charge in [0.1, 0.15) is 5.75 Å². The van der Waals surface area contributed by atoms with Gasteiger partial charge < -0.3 is 19.5 Å². The lowest BCUT2D eigenvalue weighted by atomic mass is 9.84. The number of nitrogens with zero attached hydrogens (tertiary/aromatic N) is 1. The summed E-state index contributed by atoms with van der Waals surface area (Å²) in [5.41, 5.74) is 0.977. The molecule has 6 heteroatoms. The maximum atomic E-state index is 12.5. The number of hydrogen-bond donors (Lipinski definition) is 1. The molecule has 3 rings (SSSR count). The number of carbonyl (C=O) groups excluding carboxylic acids is 1. The van der Waals surface area contributed by atoms with E-state index in [2.05, 4.69) is 0 Å². The van der Waals surface area contributed by atoms with E-state index in [1.807, 2.05) is 36.1 Å². The summed E-state index contributed by atoms with van der Waals surface area (Å²) < 4.78 is 11.1. The van der Waals surface area contributed by atoms with E-state index in [1.54, 1.807) is 0 Å². The number of carboxylic acid groups (broad SMARTS) is 1. The maximum Gasteiger partial charge on any atom is 0.309 e. The van der Waals surface area contributed by atoms with Crippen molar-refractivity contribution >= 4 is 11.9 Å². The Labute approximate surface area is 154 Å². The Morgan fingerprint density at radius 2 is 1.88 bits per heavy atom. The number of carbonyl (C=O) groups is 2. The Kier molecular flexibility index (Phi) is 6.14. The molecule has 26 heavy (non-hydrogen) atoms. The molecule has 0 radical (unpaired) electrons. The minimum atomic E-state index is -0.762. The first-order valence-corrected chi connectivity index (χ1v) is 9.42. The third-order valence-corrected chi connectivity index (χ3v) is 5.40. The zero-order valence-corrected chi connectivity index (χ0v) is 15.2. The summed E-state index contributed by atoms with van der Waals surface area (Å²) in [6.45, 7) is 4.44. The largest absolute Gasteiger partial charge is 0.494 e. The highest BCUT2D eigenvalue weighted by molar-refractivity contribution is 5.79. The maximum absolute atomic E-state index is 12.5. The first-order chi connectivity index (χ1) is 12.6. The zero-order chi connectivity index (χ0) is 18.5. The van der Waals surface area contributed by atoms with Gasteiger partial charge in [0.15, 0.2) is 0 Å². The summed E-state index contributed by atoms with van der Waals surface area (Å²) in [6.07, 6.45) is 2.40. The Hall–Kier alpha value is -2.08. The van der Waals surface area contributed by atoms with Gasteiger partial charge in [-0.1, -0.05) is 12.1 Å². The van der Waals surface area contributed by atoms with Crippen molar-refractivity contribution in [1.82, 2.24) is 4.90 Å². The highest BCUT2D eigenvalue weighted by Gasteiger charge is 2.40. The molecule has 2 aliphatic rings. The molecule has 2 atom stereocenters. The molecule has 0 bridgehead atoms. The van der Waals surface area contributed by atoms with Crippen LogP contribution in [-0.4, -0.2) is 54.3 Å². The molecule has 1 amide bonds. The number of rotatable bonds is 6. The fourth-order valence-corrected chi connectivity index (χ4v) is 3.97. The minimum Gasteiger partial charge on any atom is -0.494 e. The summed E-state index contributed by atoms with van der Waals surface area (Å²) in [5.74, 6) is 0.00420. The van der Waals surface area contributed by atoms with Crippen LogP contribution in [0.2, 0.25) is 0 Å². The van der Waals surface area contributed by atoms with Gasteiger partial charge in [0.2, 0.25) is 5.91 Å². The molecule has 2 heterocycles. The molecule has 1 aromatic carbocycles.